The number of hydroxylamine groups is 2. The van der Waals surface area contributed by atoms with Gasteiger partial charge in [0.1, 0.15) is 12.1 Å². The fourth-order valence-electron chi connectivity index (χ4n) is 2.23. The van der Waals surface area contributed by atoms with Gasteiger partial charge in [-0.25, -0.2) is 4.79 Å². The molecular weight excluding hydrogens is 317 g/mol. The second-order valence-corrected chi connectivity index (χ2v) is 5.31. The quantitative estimate of drug-likeness (QED) is 0.326. The number of fused-ring (bicyclic) bond motifs is 2. The summed E-state index contributed by atoms with van der Waals surface area (Å²) >= 11 is 0. The molecule has 2 aliphatic rings. The van der Waals surface area contributed by atoms with Crippen molar-refractivity contribution in [3.05, 3.63) is 11.6 Å². The Labute approximate surface area is 143 Å². The molecular formula is C9H14N3NaO7S. The van der Waals surface area contributed by atoms with Crippen molar-refractivity contribution in [1.29, 1.82) is 0 Å². The van der Waals surface area contributed by atoms with E-state index in [4.69, 9.17) is 15.0 Å². The van der Waals surface area contributed by atoms with Crippen LogP contribution in [-0.2, 0) is 24.2 Å². The van der Waals surface area contributed by atoms with E-state index in [-0.39, 0.29) is 42.7 Å². The van der Waals surface area contributed by atoms with Crippen molar-refractivity contribution in [3.63, 3.8) is 0 Å². The van der Waals surface area contributed by atoms with Crippen molar-refractivity contribution < 1.29 is 31.6 Å². The minimum absolute atomic E-state index is 0. The van der Waals surface area contributed by atoms with E-state index >= 15 is 0 Å². The van der Waals surface area contributed by atoms with Crippen molar-refractivity contribution >= 4 is 51.9 Å². The molecule has 0 saturated carbocycles. The van der Waals surface area contributed by atoms with Crippen LogP contribution in [0.5, 0.6) is 0 Å². The van der Waals surface area contributed by atoms with Crippen molar-refractivity contribution in [2.45, 2.75) is 12.1 Å². The molecule has 2 atom stereocenters. The summed E-state index contributed by atoms with van der Waals surface area (Å²) in [5.74, 6) is -0.765. The van der Waals surface area contributed by atoms with Crippen LogP contribution in [0.25, 0.3) is 0 Å². The first kappa shape index (κ1) is 18.4. The second-order valence-electron chi connectivity index (χ2n) is 4.30. The molecule has 0 unspecified atom stereocenters. The standard InChI is InChI=1S/C9H13N3O7S.Na.H/c1-18-4-5-2-6(8(10)13)11-3-7(5)12(9(11)14)19-20(15,16)17;;/h2,6-7H,3-4H2,1H3,(H2,10,13)(H,15,16,17);;/t6-,7-;;/m0../s1. The zero-order chi connectivity index (χ0) is 15.1. The Morgan fingerprint density at radius 1 is 1.57 bits per heavy atom. The van der Waals surface area contributed by atoms with Gasteiger partial charge in [-0.3, -0.25) is 9.35 Å². The van der Waals surface area contributed by atoms with Gasteiger partial charge in [0.25, 0.3) is 0 Å². The number of hydrogen-bond donors (Lipinski definition) is 2. The number of ether oxygens (including phenoxy) is 1. The first-order valence-electron chi connectivity index (χ1n) is 5.50. The van der Waals surface area contributed by atoms with Crippen LogP contribution in [0.4, 0.5) is 4.79 Å². The predicted octanol–water partition coefficient (Wildman–Crippen LogP) is -2.38. The Morgan fingerprint density at radius 2 is 2.19 bits per heavy atom. The van der Waals surface area contributed by atoms with Gasteiger partial charge < -0.3 is 15.4 Å². The van der Waals surface area contributed by atoms with Gasteiger partial charge in [0.15, 0.2) is 0 Å². The number of carbonyl (C=O) groups excluding carboxylic acids is 2. The molecule has 0 spiro atoms. The second kappa shape index (κ2) is 6.60. The van der Waals surface area contributed by atoms with Gasteiger partial charge in [0, 0.05) is 7.11 Å². The Kier molecular flexibility index (Phi) is 5.77. The molecule has 3 amide bonds. The van der Waals surface area contributed by atoms with Gasteiger partial charge in [-0.1, -0.05) is 0 Å². The van der Waals surface area contributed by atoms with Gasteiger partial charge in [-0.15, -0.1) is 4.28 Å². The van der Waals surface area contributed by atoms with Crippen LogP contribution in [0.3, 0.4) is 0 Å². The van der Waals surface area contributed by atoms with Gasteiger partial charge in [-0.2, -0.15) is 13.5 Å². The molecule has 21 heavy (non-hydrogen) atoms. The molecule has 2 heterocycles. The fourth-order valence-corrected chi connectivity index (χ4v) is 2.61. The molecule has 10 nitrogen and oxygen atoms in total. The summed E-state index contributed by atoms with van der Waals surface area (Å²) in [6, 6.07) is -2.67. The number of rotatable bonds is 5. The predicted molar refractivity (Wildman–Crippen MR) is 70.5 cm³/mol. The molecule has 12 heteroatoms. The molecule has 0 aromatic heterocycles. The third-order valence-corrected chi connectivity index (χ3v) is 3.35. The van der Waals surface area contributed by atoms with Gasteiger partial charge in [-0.05, 0) is 11.6 Å². The van der Waals surface area contributed by atoms with E-state index in [1.165, 1.54) is 13.2 Å². The normalized spacial score (nSPS) is 24.7. The van der Waals surface area contributed by atoms with Crippen LogP contribution >= 0.6 is 0 Å². The molecule has 3 N–H and O–H groups in total. The third kappa shape index (κ3) is 3.74. The SMILES string of the molecule is COCC1=C[C@@H](C(N)=O)N2C[C@@H]1N(OS(=O)(=O)O)C2=O.[NaH]. The number of amides is 3. The molecule has 0 radical (unpaired) electrons. The zero-order valence-electron chi connectivity index (χ0n) is 10.4. The van der Waals surface area contributed by atoms with E-state index in [1.54, 1.807) is 0 Å². The Balaban J connectivity index is 0.00000220. The number of nitrogens with zero attached hydrogens (tertiary/aromatic N) is 2. The Hall–Kier alpha value is -0.690. The van der Waals surface area contributed by atoms with Crippen LogP contribution in [-0.4, -0.2) is 96.8 Å². The van der Waals surface area contributed by atoms with Crippen LogP contribution < -0.4 is 5.73 Å². The molecule has 0 aromatic rings. The molecule has 0 aliphatic carbocycles. The average Bonchev–Trinajstić information content (AvgIpc) is 2.57. The summed E-state index contributed by atoms with van der Waals surface area (Å²) in [7, 11) is -3.46. The average molecular weight is 331 g/mol. The van der Waals surface area contributed by atoms with Crippen LogP contribution in [0, 0.1) is 0 Å². The van der Waals surface area contributed by atoms with Crippen molar-refractivity contribution in [3.8, 4) is 0 Å². The van der Waals surface area contributed by atoms with E-state index in [2.05, 4.69) is 4.28 Å². The van der Waals surface area contributed by atoms with Crippen LogP contribution in [0.1, 0.15) is 0 Å². The van der Waals surface area contributed by atoms with Crippen LogP contribution in [0.15, 0.2) is 11.6 Å². The van der Waals surface area contributed by atoms with E-state index < -0.39 is 34.4 Å². The molecule has 2 aliphatic heterocycles. The molecule has 1 saturated heterocycles. The number of urea groups is 1. The first-order valence-corrected chi connectivity index (χ1v) is 6.87. The van der Waals surface area contributed by atoms with E-state index in [1.807, 2.05) is 0 Å². The molecule has 2 bridgehead atoms. The molecule has 2 rings (SSSR count). The van der Waals surface area contributed by atoms with Crippen molar-refractivity contribution in [2.75, 3.05) is 20.3 Å². The monoisotopic (exact) mass is 331 g/mol. The van der Waals surface area contributed by atoms with Crippen molar-refractivity contribution in [2.24, 2.45) is 5.73 Å². The third-order valence-electron chi connectivity index (χ3n) is 3.00. The first-order chi connectivity index (χ1) is 9.24. The van der Waals surface area contributed by atoms with E-state index in [0.29, 0.717) is 10.6 Å². The molecule has 114 valence electrons. The number of nitrogens with two attached hydrogens (primary N) is 1. The van der Waals surface area contributed by atoms with E-state index in [9.17, 15) is 18.0 Å². The van der Waals surface area contributed by atoms with E-state index in [0.717, 1.165) is 4.90 Å². The summed E-state index contributed by atoms with van der Waals surface area (Å²) in [4.78, 5) is 24.4. The van der Waals surface area contributed by atoms with Gasteiger partial charge in [0.2, 0.25) is 5.91 Å². The zero-order valence-corrected chi connectivity index (χ0v) is 11.2. The summed E-state index contributed by atoms with van der Waals surface area (Å²) in [6.45, 7) is 0.0675. The van der Waals surface area contributed by atoms with Crippen molar-refractivity contribution in [1.82, 2.24) is 9.96 Å². The fraction of sp³-hybridized carbons (Fsp3) is 0.556. The van der Waals surface area contributed by atoms with Gasteiger partial charge >= 0.3 is 46.0 Å². The van der Waals surface area contributed by atoms with Gasteiger partial charge in [0.05, 0.1) is 13.2 Å². The number of hydrogen-bond acceptors (Lipinski definition) is 6. The maximum absolute atomic E-state index is 12.0. The minimum atomic E-state index is -4.86. The Bertz CT molecular complexity index is 578. The molecule has 1 fully saturated rings. The summed E-state index contributed by atoms with van der Waals surface area (Å²) < 4.78 is 39.4. The number of carbonyl (C=O) groups is 2. The summed E-state index contributed by atoms with van der Waals surface area (Å²) in [5.41, 5.74) is 5.66. The number of methoxy groups -OCH3 is 1. The maximum atomic E-state index is 12.0. The topological polar surface area (TPSA) is 139 Å². The van der Waals surface area contributed by atoms with Crippen LogP contribution in [0.2, 0.25) is 0 Å². The number of primary amides is 1. The Morgan fingerprint density at radius 3 is 2.67 bits per heavy atom. The summed E-state index contributed by atoms with van der Waals surface area (Å²) in [5, 5.41) is 0.489. The summed E-state index contributed by atoms with van der Waals surface area (Å²) in [6.07, 6.45) is 1.42. The molecule has 0 aromatic carbocycles.